The van der Waals surface area contributed by atoms with Gasteiger partial charge in [0.05, 0.1) is 35.3 Å². The molecule has 11 heteroatoms. The van der Waals surface area contributed by atoms with Gasteiger partial charge in [0.2, 0.25) is 11.9 Å². The van der Waals surface area contributed by atoms with Gasteiger partial charge in [-0.2, -0.15) is 0 Å². The van der Waals surface area contributed by atoms with Gasteiger partial charge in [-0.05, 0) is 57.0 Å². The van der Waals surface area contributed by atoms with Crippen LogP contribution in [0.1, 0.15) is 53.2 Å². The number of thiophene rings is 1. The Labute approximate surface area is 211 Å². The summed E-state index contributed by atoms with van der Waals surface area (Å²) in [5, 5.41) is 15.5. The third-order valence-electron chi connectivity index (χ3n) is 5.93. The summed E-state index contributed by atoms with van der Waals surface area (Å²) in [5.74, 6) is -2.38. The number of carbonyl (C=O) groups is 2. The fourth-order valence-corrected chi connectivity index (χ4v) is 5.16. The van der Waals surface area contributed by atoms with Crippen LogP contribution in [0, 0.1) is 18.6 Å². The molecular formula is C25H27F2N5O3S. The van der Waals surface area contributed by atoms with E-state index in [-0.39, 0.29) is 24.1 Å². The van der Waals surface area contributed by atoms with Gasteiger partial charge in [-0.25, -0.2) is 18.7 Å². The number of hydrogen-bond acceptors (Lipinski definition) is 7. The zero-order valence-corrected chi connectivity index (χ0v) is 21.1. The minimum atomic E-state index is -1.07. The van der Waals surface area contributed by atoms with E-state index >= 15 is 0 Å². The number of nitrogens with one attached hydrogen (secondary N) is 2. The molecule has 3 aromatic rings. The van der Waals surface area contributed by atoms with Crippen LogP contribution in [0.3, 0.4) is 0 Å². The van der Waals surface area contributed by atoms with Crippen LogP contribution in [0.2, 0.25) is 0 Å². The van der Waals surface area contributed by atoms with Crippen molar-refractivity contribution in [3.63, 3.8) is 0 Å². The Kier molecular flexibility index (Phi) is 7.32. The van der Waals surface area contributed by atoms with Crippen LogP contribution < -0.4 is 10.6 Å². The topological polar surface area (TPSA) is 107 Å². The first-order chi connectivity index (χ1) is 17.1. The second kappa shape index (κ2) is 10.3. The lowest BCUT2D eigenvalue weighted by molar-refractivity contribution is -0.126. The van der Waals surface area contributed by atoms with E-state index in [9.17, 15) is 23.5 Å². The lowest BCUT2D eigenvalue weighted by Crippen LogP contribution is -2.46. The molecule has 8 nitrogen and oxygen atoms in total. The number of carbonyl (C=O) groups excluding carboxylic acids is 2. The van der Waals surface area contributed by atoms with Gasteiger partial charge < -0.3 is 20.6 Å². The number of aliphatic hydroxyl groups is 1. The average molecular weight is 516 g/mol. The van der Waals surface area contributed by atoms with Crippen LogP contribution in [-0.2, 0) is 11.3 Å². The Balaban J connectivity index is 1.48. The van der Waals surface area contributed by atoms with E-state index in [1.54, 1.807) is 19.2 Å². The smallest absolute Gasteiger partial charge is 0.256 e. The van der Waals surface area contributed by atoms with E-state index in [0.717, 1.165) is 33.1 Å². The first kappa shape index (κ1) is 25.6. The van der Waals surface area contributed by atoms with E-state index in [4.69, 9.17) is 0 Å². The maximum absolute atomic E-state index is 13.6. The van der Waals surface area contributed by atoms with Crippen LogP contribution in [0.4, 0.5) is 14.7 Å². The first-order valence-electron chi connectivity index (χ1n) is 11.5. The van der Waals surface area contributed by atoms with Crippen molar-refractivity contribution >= 4 is 29.1 Å². The highest BCUT2D eigenvalue weighted by Gasteiger charge is 2.36. The van der Waals surface area contributed by atoms with E-state index in [2.05, 4.69) is 20.6 Å². The fraction of sp³-hybridized carbons (Fsp3) is 0.360. The van der Waals surface area contributed by atoms with Crippen molar-refractivity contribution in [2.75, 3.05) is 11.9 Å². The molecule has 1 aliphatic rings. The maximum atomic E-state index is 13.6. The quantitative estimate of drug-likeness (QED) is 0.421. The molecule has 2 atom stereocenters. The summed E-state index contributed by atoms with van der Waals surface area (Å²) in [5.41, 5.74) is 2.37. The summed E-state index contributed by atoms with van der Waals surface area (Å²) < 4.78 is 26.9. The lowest BCUT2D eigenvalue weighted by atomic mass is 10.1. The summed E-state index contributed by atoms with van der Waals surface area (Å²) in [6, 6.07) is 3.33. The van der Waals surface area contributed by atoms with Crippen LogP contribution in [0.5, 0.6) is 0 Å². The molecule has 3 heterocycles. The molecule has 0 bridgehead atoms. The third kappa shape index (κ3) is 5.07. The highest BCUT2D eigenvalue weighted by molar-refractivity contribution is 7.16. The maximum Gasteiger partial charge on any atom is 0.256 e. The number of rotatable bonds is 8. The predicted molar refractivity (Wildman–Crippen MR) is 133 cm³/mol. The standard InChI is InChI=1S/C25H27F2N5O3S/c1-12(2)29-25-28-9-13(3)22(31-25)20-8-16-21(36-20)10-32(24(16)35)14(4)23(34)30-19(11-33)15-5-6-17(26)18(27)7-15/h5-9,12,14,19,33H,10-11H2,1-4H3,(H,30,34)(H,28,29,31)/t14-,19?/m1/s1. The predicted octanol–water partition coefficient (Wildman–Crippen LogP) is 3.81. The number of fused-ring (bicyclic) bond motifs is 1. The van der Waals surface area contributed by atoms with Crippen molar-refractivity contribution < 1.29 is 23.5 Å². The highest BCUT2D eigenvalue weighted by Crippen LogP contribution is 2.38. The van der Waals surface area contributed by atoms with Crippen molar-refractivity contribution in [1.29, 1.82) is 0 Å². The van der Waals surface area contributed by atoms with Gasteiger partial charge in [0.25, 0.3) is 5.91 Å². The second-order valence-electron chi connectivity index (χ2n) is 9.00. The summed E-state index contributed by atoms with van der Waals surface area (Å²) in [7, 11) is 0. The van der Waals surface area contributed by atoms with Gasteiger partial charge in [0.1, 0.15) is 6.04 Å². The SMILES string of the molecule is Cc1cnc(NC(C)C)nc1-c1cc2c(s1)CN([C@H](C)C(=O)NC(CO)c1ccc(F)c(F)c1)C2=O. The van der Waals surface area contributed by atoms with E-state index < -0.39 is 36.2 Å². The Bertz CT molecular complexity index is 1310. The van der Waals surface area contributed by atoms with Gasteiger partial charge in [-0.3, -0.25) is 9.59 Å². The third-order valence-corrected chi connectivity index (χ3v) is 7.06. The molecular weight excluding hydrogens is 488 g/mol. The first-order valence-corrected chi connectivity index (χ1v) is 12.3. The van der Waals surface area contributed by atoms with Crippen molar-refractivity contribution in [3.05, 3.63) is 63.7 Å². The molecule has 36 heavy (non-hydrogen) atoms. The van der Waals surface area contributed by atoms with Crippen molar-refractivity contribution in [3.8, 4) is 10.6 Å². The Morgan fingerprint density at radius 1 is 1.22 bits per heavy atom. The minimum Gasteiger partial charge on any atom is -0.394 e. The molecule has 0 radical (unpaired) electrons. The number of aromatic nitrogens is 2. The van der Waals surface area contributed by atoms with Crippen LogP contribution in [-0.4, -0.2) is 50.5 Å². The molecule has 0 aliphatic carbocycles. The van der Waals surface area contributed by atoms with Crippen molar-refractivity contribution in [2.45, 2.75) is 52.4 Å². The number of amides is 2. The monoisotopic (exact) mass is 515 g/mol. The van der Waals surface area contributed by atoms with Gasteiger partial charge in [-0.15, -0.1) is 11.3 Å². The Hall–Kier alpha value is -3.44. The van der Waals surface area contributed by atoms with Gasteiger partial charge in [0, 0.05) is 17.1 Å². The molecule has 2 amide bonds. The molecule has 1 aliphatic heterocycles. The number of halogens is 2. The van der Waals surface area contributed by atoms with Crippen LogP contribution in [0.25, 0.3) is 10.6 Å². The summed E-state index contributed by atoms with van der Waals surface area (Å²) >= 11 is 1.44. The molecule has 1 aromatic carbocycles. The molecule has 190 valence electrons. The summed E-state index contributed by atoms with van der Waals surface area (Å²) in [4.78, 5) is 38.1. The number of anilines is 1. The minimum absolute atomic E-state index is 0.171. The highest BCUT2D eigenvalue weighted by atomic mass is 32.1. The number of benzene rings is 1. The largest absolute Gasteiger partial charge is 0.394 e. The number of nitrogens with zero attached hydrogens (tertiary/aromatic N) is 3. The Morgan fingerprint density at radius 3 is 2.61 bits per heavy atom. The average Bonchev–Trinajstić information content (AvgIpc) is 3.38. The molecule has 1 unspecified atom stereocenters. The van der Waals surface area contributed by atoms with E-state index in [1.165, 1.54) is 22.3 Å². The van der Waals surface area contributed by atoms with E-state index in [1.807, 2.05) is 20.8 Å². The number of aryl methyl sites for hydroxylation is 1. The summed E-state index contributed by atoms with van der Waals surface area (Å²) in [6.07, 6.45) is 1.74. The lowest BCUT2D eigenvalue weighted by Gasteiger charge is -2.26. The molecule has 0 fully saturated rings. The molecule has 0 saturated carbocycles. The second-order valence-corrected chi connectivity index (χ2v) is 10.1. The van der Waals surface area contributed by atoms with Crippen molar-refractivity contribution in [2.24, 2.45) is 0 Å². The normalized spacial score (nSPS) is 14.7. The van der Waals surface area contributed by atoms with Gasteiger partial charge >= 0.3 is 0 Å². The van der Waals surface area contributed by atoms with Gasteiger partial charge in [0.15, 0.2) is 11.6 Å². The zero-order chi connectivity index (χ0) is 26.1. The fourth-order valence-electron chi connectivity index (χ4n) is 3.95. The van der Waals surface area contributed by atoms with Gasteiger partial charge in [-0.1, -0.05) is 6.07 Å². The molecule has 0 saturated heterocycles. The van der Waals surface area contributed by atoms with Crippen molar-refractivity contribution in [1.82, 2.24) is 20.2 Å². The number of aliphatic hydroxyl groups excluding tert-OH is 1. The molecule has 0 spiro atoms. The number of hydrogen-bond donors (Lipinski definition) is 3. The van der Waals surface area contributed by atoms with Crippen LogP contribution >= 0.6 is 11.3 Å². The zero-order valence-electron chi connectivity index (χ0n) is 20.3. The Morgan fingerprint density at radius 2 is 1.97 bits per heavy atom. The molecule has 3 N–H and O–H groups in total. The van der Waals surface area contributed by atoms with E-state index in [0.29, 0.717) is 11.5 Å². The van der Waals surface area contributed by atoms with Crippen LogP contribution in [0.15, 0.2) is 30.5 Å². The molecule has 2 aromatic heterocycles. The summed E-state index contributed by atoms with van der Waals surface area (Å²) in [6.45, 7) is 7.22. The molecule has 4 rings (SSSR count).